The van der Waals surface area contributed by atoms with E-state index in [1.807, 2.05) is 44.1 Å². The third kappa shape index (κ3) is 10.4. The number of aromatic nitrogens is 2. The van der Waals surface area contributed by atoms with Crippen molar-refractivity contribution in [1.29, 1.82) is 0 Å². The van der Waals surface area contributed by atoms with Gasteiger partial charge in [0.2, 0.25) is 0 Å². The van der Waals surface area contributed by atoms with Gasteiger partial charge in [-0.05, 0) is 100 Å². The first-order valence-electron chi connectivity index (χ1n) is 18.6. The van der Waals surface area contributed by atoms with Gasteiger partial charge in [-0.2, -0.15) is 0 Å². The molecule has 10 heteroatoms. The number of hydrogen-bond donors (Lipinski definition) is 2. The molecule has 278 valence electrons. The summed E-state index contributed by atoms with van der Waals surface area (Å²) in [5, 5.41) is 2.50. The number of piperazine rings is 2. The largest absolute Gasteiger partial charge is 1.00 e. The molecule has 8 nitrogen and oxygen atoms in total. The van der Waals surface area contributed by atoms with E-state index in [2.05, 4.69) is 135 Å². The fourth-order valence-corrected chi connectivity index (χ4v) is 7.60. The Bertz CT molecular complexity index is 2070. The zero-order chi connectivity index (χ0) is 36.1. The van der Waals surface area contributed by atoms with Crippen LogP contribution in [0.5, 0.6) is 0 Å². The van der Waals surface area contributed by atoms with Gasteiger partial charge in [0, 0.05) is 90.9 Å². The van der Waals surface area contributed by atoms with Crippen LogP contribution in [0.25, 0.3) is 21.8 Å². The molecule has 6 aromatic rings. The zero-order valence-electron chi connectivity index (χ0n) is 33.0. The van der Waals surface area contributed by atoms with Gasteiger partial charge < -0.3 is 35.7 Å². The number of anilines is 2. The van der Waals surface area contributed by atoms with Crippen molar-refractivity contribution in [2.24, 2.45) is 0 Å². The molecule has 54 heavy (non-hydrogen) atoms. The first-order chi connectivity index (χ1) is 25.2. The van der Waals surface area contributed by atoms with Gasteiger partial charge in [-0.25, -0.2) is 4.79 Å². The van der Waals surface area contributed by atoms with Gasteiger partial charge >= 0.3 is 25.0 Å². The van der Waals surface area contributed by atoms with E-state index in [9.17, 15) is 4.79 Å². The van der Waals surface area contributed by atoms with E-state index in [4.69, 9.17) is 4.74 Å². The monoisotopic (exact) mass is 734 g/mol. The Hall–Kier alpha value is -4.08. The summed E-state index contributed by atoms with van der Waals surface area (Å²) in [5.41, 5.74) is 7.09. The van der Waals surface area contributed by atoms with Gasteiger partial charge in [0.25, 0.3) is 0 Å². The minimum Gasteiger partial charge on any atom is -1.00 e. The number of H-pyrrole nitrogens is 2. The SMILES string of the molecule is CC(C)(C)OC(=O)N1CCN(c2ccc3[nH]ccc3c2)C(Cc2ccccc2)C1.CN1CCN(c2ccc3[nH]ccc3c2)C(Cc2ccccc2)C1.[AlH3].[H-].[Li+]. The fraction of sp³-hybridized carbons (Fsp3) is 0.341. The molecule has 2 unspecified atom stereocenters. The number of aromatic amines is 2. The van der Waals surface area contributed by atoms with Crippen molar-refractivity contribution in [2.45, 2.75) is 51.3 Å². The summed E-state index contributed by atoms with van der Waals surface area (Å²) in [6.45, 7) is 11.1. The maximum atomic E-state index is 12.7. The number of likely N-dealkylation sites (N-methyl/N-ethyl adjacent to an activating group) is 1. The van der Waals surface area contributed by atoms with Gasteiger partial charge in [-0.1, -0.05) is 60.7 Å². The molecule has 1 amide bonds. The van der Waals surface area contributed by atoms with Crippen molar-refractivity contribution in [3.8, 4) is 0 Å². The fourth-order valence-electron chi connectivity index (χ4n) is 7.60. The molecular weight excluding hydrogens is 678 g/mol. The summed E-state index contributed by atoms with van der Waals surface area (Å²) >= 11 is 0. The molecule has 2 aliphatic heterocycles. The normalized spacial score (nSPS) is 17.7. The Morgan fingerprint density at radius 1 is 0.685 bits per heavy atom. The van der Waals surface area contributed by atoms with Crippen molar-refractivity contribution in [3.63, 3.8) is 0 Å². The average Bonchev–Trinajstić information content (AvgIpc) is 3.81. The van der Waals surface area contributed by atoms with Crippen LogP contribution in [-0.4, -0.2) is 107 Å². The van der Waals surface area contributed by atoms with E-state index in [1.54, 1.807) is 0 Å². The molecule has 2 N–H and O–H groups in total. The molecule has 4 aromatic carbocycles. The van der Waals surface area contributed by atoms with E-state index in [1.165, 1.54) is 38.8 Å². The molecule has 2 saturated heterocycles. The molecule has 8 rings (SSSR count). The van der Waals surface area contributed by atoms with Crippen molar-refractivity contribution < 1.29 is 29.8 Å². The topological polar surface area (TPSA) is 70.8 Å². The first kappa shape index (κ1) is 41.1. The molecule has 0 aliphatic carbocycles. The maximum absolute atomic E-state index is 12.7. The Kier molecular flexibility index (Phi) is 14.1. The van der Waals surface area contributed by atoms with E-state index in [0.29, 0.717) is 19.1 Å². The Labute approximate surface area is 344 Å². The number of ether oxygens (including phenoxy) is 1. The number of benzene rings is 4. The summed E-state index contributed by atoms with van der Waals surface area (Å²) in [5.74, 6) is 0. The minimum atomic E-state index is -0.484. The predicted octanol–water partition coefficient (Wildman–Crippen LogP) is 4.30. The average molecular weight is 735 g/mol. The maximum Gasteiger partial charge on any atom is 1.00 e. The number of hydrogen-bond acceptors (Lipinski definition) is 5. The van der Waals surface area contributed by atoms with Crippen molar-refractivity contribution >= 4 is 56.6 Å². The molecule has 0 radical (unpaired) electrons. The summed E-state index contributed by atoms with van der Waals surface area (Å²) < 4.78 is 5.63. The Balaban J connectivity index is 0.000000237. The van der Waals surface area contributed by atoms with Gasteiger partial charge in [0.1, 0.15) is 5.60 Å². The number of amides is 1. The van der Waals surface area contributed by atoms with Gasteiger partial charge in [0.15, 0.2) is 17.4 Å². The molecule has 4 heterocycles. The zero-order valence-corrected chi connectivity index (χ0v) is 32.0. The van der Waals surface area contributed by atoms with Crippen molar-refractivity contribution in [2.75, 3.05) is 56.1 Å². The third-order valence-electron chi connectivity index (χ3n) is 10.2. The number of fused-ring (bicyclic) bond motifs is 2. The molecule has 0 bridgehead atoms. The number of carbonyl (C=O) groups is 1. The number of nitrogens with zero attached hydrogens (tertiary/aromatic N) is 4. The summed E-state index contributed by atoms with van der Waals surface area (Å²) in [4.78, 5) is 28.5. The van der Waals surface area contributed by atoms with Crippen LogP contribution in [-0.2, 0) is 17.6 Å². The molecule has 2 aliphatic rings. The van der Waals surface area contributed by atoms with Gasteiger partial charge in [-0.3, -0.25) is 0 Å². The quantitative estimate of drug-likeness (QED) is 0.250. The molecule has 2 atom stereocenters. The number of nitrogens with one attached hydrogen (secondary N) is 2. The van der Waals surface area contributed by atoms with E-state index in [0.717, 1.165) is 44.5 Å². The van der Waals surface area contributed by atoms with Crippen LogP contribution in [0.4, 0.5) is 16.2 Å². The summed E-state index contributed by atoms with van der Waals surface area (Å²) in [7, 11) is 2.23. The van der Waals surface area contributed by atoms with E-state index >= 15 is 0 Å². The smallest absolute Gasteiger partial charge is 1.00 e. The standard InChI is InChI=1S/C24H29N3O2.C20H23N3.Al.Li.4H/c1-24(2,3)29-23(28)26-13-14-27(20-9-10-22-19(16-20)11-12-25-22)21(17-26)15-18-7-5-4-6-8-18;1-22-11-12-23(18-7-8-20-17(14-18)9-10-21-20)19(15-22)13-16-5-3-2-4-6-16;;;;;;/h4-12,16,21,25H,13-15,17H2,1-3H3;2-10,14,19,21H,11-13,15H2,1H3;;;;;;/q;;;+1;;;;-1. The predicted molar refractivity (Wildman–Crippen MR) is 226 cm³/mol. The minimum absolute atomic E-state index is 0. The van der Waals surface area contributed by atoms with Crippen LogP contribution >= 0.6 is 0 Å². The van der Waals surface area contributed by atoms with Crippen LogP contribution in [0.3, 0.4) is 0 Å². The molecule has 2 aromatic heterocycles. The number of carbonyl (C=O) groups excluding carboxylic acids is 1. The van der Waals surface area contributed by atoms with Crippen LogP contribution in [0.15, 0.2) is 122 Å². The van der Waals surface area contributed by atoms with Crippen LogP contribution < -0.4 is 28.7 Å². The first-order valence-corrected chi connectivity index (χ1v) is 18.6. The van der Waals surface area contributed by atoms with Crippen molar-refractivity contribution in [3.05, 3.63) is 133 Å². The molecule has 2 fully saturated rings. The van der Waals surface area contributed by atoms with E-state index in [-0.39, 0.29) is 49.8 Å². The second kappa shape index (κ2) is 18.5. The van der Waals surface area contributed by atoms with Crippen LogP contribution in [0.1, 0.15) is 33.3 Å². The van der Waals surface area contributed by atoms with Gasteiger partial charge in [0.05, 0.1) is 6.04 Å². The second-order valence-electron chi connectivity index (χ2n) is 15.3. The van der Waals surface area contributed by atoms with Crippen LogP contribution in [0.2, 0.25) is 0 Å². The third-order valence-corrected chi connectivity index (χ3v) is 10.2. The number of rotatable bonds is 6. The van der Waals surface area contributed by atoms with Gasteiger partial charge in [-0.15, -0.1) is 0 Å². The summed E-state index contributed by atoms with van der Waals surface area (Å²) in [6.07, 6.45) is 5.73. The Morgan fingerprint density at radius 3 is 1.67 bits per heavy atom. The molecule has 0 spiro atoms. The van der Waals surface area contributed by atoms with Crippen LogP contribution in [0, 0.1) is 0 Å². The summed E-state index contributed by atoms with van der Waals surface area (Å²) in [6, 6.07) is 39.6. The molecule has 0 saturated carbocycles. The van der Waals surface area contributed by atoms with Crippen molar-refractivity contribution in [1.82, 2.24) is 19.8 Å². The second-order valence-corrected chi connectivity index (χ2v) is 15.3. The van der Waals surface area contributed by atoms with E-state index < -0.39 is 5.60 Å². The molecular formula is C44H56AlLiN6O2. The Morgan fingerprint density at radius 2 is 1.17 bits per heavy atom.